The summed E-state index contributed by atoms with van der Waals surface area (Å²) in [6.45, 7) is 0. The third-order valence-electron chi connectivity index (χ3n) is 2.80. The minimum Gasteiger partial charge on any atom is -0.350 e. The fourth-order valence-electron chi connectivity index (χ4n) is 1.78. The van der Waals surface area contributed by atoms with Crippen LogP contribution in [0.25, 0.3) is 0 Å². The maximum absolute atomic E-state index is 11.7. The molecule has 11 heteroatoms. The van der Waals surface area contributed by atoms with Crippen molar-refractivity contribution in [3.63, 3.8) is 0 Å². The highest BCUT2D eigenvalue weighted by Crippen LogP contribution is 2.18. The maximum Gasteiger partial charge on any atom is 0.343 e. The number of halogens is 1. The number of H-pyrrole nitrogens is 1. The van der Waals surface area contributed by atoms with Gasteiger partial charge in [-0.25, -0.2) is 18.3 Å². The number of alkyl halides is 1. The summed E-state index contributed by atoms with van der Waals surface area (Å²) in [7, 11) is -1.64. The van der Waals surface area contributed by atoms with Crippen LogP contribution in [0.1, 0.15) is 0 Å². The summed E-state index contributed by atoms with van der Waals surface area (Å²) < 4.78 is 24.0. The zero-order chi connectivity index (χ0) is 14.9. The molecule has 1 aliphatic rings. The predicted molar refractivity (Wildman–Crippen MR) is 74.8 cm³/mol. The van der Waals surface area contributed by atoms with Crippen LogP contribution in [0.2, 0.25) is 0 Å². The molecule has 0 saturated carbocycles. The van der Waals surface area contributed by atoms with Gasteiger partial charge in [0.05, 0.1) is 28.7 Å². The van der Waals surface area contributed by atoms with E-state index in [0.717, 1.165) is 11.8 Å². The number of aromatic amines is 1. The van der Waals surface area contributed by atoms with Crippen LogP contribution >= 0.6 is 23.4 Å². The van der Waals surface area contributed by atoms with E-state index in [1.54, 1.807) is 0 Å². The predicted octanol–water partition coefficient (Wildman–Crippen LogP) is -1.28. The maximum atomic E-state index is 11.7. The number of sulfone groups is 1. The highest BCUT2D eigenvalue weighted by Gasteiger charge is 2.37. The second-order valence-electron chi connectivity index (χ2n) is 4.43. The van der Waals surface area contributed by atoms with Crippen LogP contribution in [0, 0.1) is 0 Å². The lowest BCUT2D eigenvalue weighted by molar-refractivity contribution is -0.119. The lowest BCUT2D eigenvalue weighted by atomic mass is 10.2. The Bertz CT molecular complexity index is 668. The van der Waals surface area contributed by atoms with E-state index in [1.807, 2.05) is 0 Å². The number of hydrogen-bond donors (Lipinski definition) is 2. The lowest BCUT2D eigenvalue weighted by Gasteiger charge is -2.13. The van der Waals surface area contributed by atoms with Crippen molar-refractivity contribution in [1.29, 1.82) is 0 Å². The second-order valence-corrected chi connectivity index (χ2v) is 8.08. The number of thioether (sulfide) groups is 1. The molecule has 2 atom stereocenters. The molecular formula is C9H13ClN4O4S2. The molecule has 20 heavy (non-hydrogen) atoms. The Labute approximate surface area is 124 Å². The summed E-state index contributed by atoms with van der Waals surface area (Å²) in [5.74, 6) is -0.588. The van der Waals surface area contributed by atoms with Gasteiger partial charge in [0.1, 0.15) is 0 Å². The van der Waals surface area contributed by atoms with E-state index < -0.39 is 21.3 Å². The minimum atomic E-state index is -3.18. The Hall–Kier alpha value is -1.00. The third-order valence-corrected chi connectivity index (χ3v) is 6.21. The van der Waals surface area contributed by atoms with Crippen molar-refractivity contribution in [2.75, 3.05) is 17.3 Å². The summed E-state index contributed by atoms with van der Waals surface area (Å²) in [6, 6.07) is -0.572. The largest absolute Gasteiger partial charge is 0.350 e. The van der Waals surface area contributed by atoms with E-state index in [1.165, 1.54) is 11.6 Å². The highest BCUT2D eigenvalue weighted by atomic mass is 35.5. The Morgan fingerprint density at radius 3 is 2.80 bits per heavy atom. The number of aromatic nitrogens is 3. The molecule has 1 saturated heterocycles. The van der Waals surface area contributed by atoms with Gasteiger partial charge in [0.25, 0.3) is 0 Å². The molecule has 1 amide bonds. The fourth-order valence-corrected chi connectivity index (χ4v) is 5.06. The van der Waals surface area contributed by atoms with Crippen LogP contribution in [0.4, 0.5) is 0 Å². The van der Waals surface area contributed by atoms with Gasteiger partial charge in [-0.1, -0.05) is 11.8 Å². The molecule has 2 N–H and O–H groups in total. The average molecular weight is 341 g/mol. The topological polar surface area (TPSA) is 114 Å². The Balaban J connectivity index is 1.87. The molecule has 1 aromatic rings. The van der Waals surface area contributed by atoms with Gasteiger partial charge in [-0.2, -0.15) is 0 Å². The number of nitrogens with one attached hydrogen (secondary N) is 2. The van der Waals surface area contributed by atoms with E-state index in [9.17, 15) is 18.0 Å². The number of hydrogen-bond acceptors (Lipinski definition) is 6. The van der Waals surface area contributed by atoms with Crippen LogP contribution in [0.15, 0.2) is 9.95 Å². The van der Waals surface area contributed by atoms with Crippen molar-refractivity contribution in [3.05, 3.63) is 10.5 Å². The van der Waals surface area contributed by atoms with Crippen molar-refractivity contribution < 1.29 is 13.2 Å². The Morgan fingerprint density at radius 1 is 1.60 bits per heavy atom. The Kier molecular flexibility index (Phi) is 4.45. The van der Waals surface area contributed by atoms with E-state index >= 15 is 0 Å². The van der Waals surface area contributed by atoms with Gasteiger partial charge in [0.2, 0.25) is 5.91 Å². The molecule has 8 nitrogen and oxygen atoms in total. The van der Waals surface area contributed by atoms with Gasteiger partial charge in [-0.05, 0) is 0 Å². The van der Waals surface area contributed by atoms with Crippen LogP contribution in [-0.2, 0) is 21.7 Å². The van der Waals surface area contributed by atoms with Crippen LogP contribution in [0.3, 0.4) is 0 Å². The molecule has 2 heterocycles. The highest BCUT2D eigenvalue weighted by molar-refractivity contribution is 7.99. The zero-order valence-corrected chi connectivity index (χ0v) is 12.9. The smallest absolute Gasteiger partial charge is 0.343 e. The molecule has 0 unspecified atom stereocenters. The van der Waals surface area contributed by atoms with Gasteiger partial charge in [-0.15, -0.1) is 16.7 Å². The van der Waals surface area contributed by atoms with E-state index in [-0.39, 0.29) is 28.9 Å². The van der Waals surface area contributed by atoms with Gasteiger partial charge in [-0.3, -0.25) is 9.36 Å². The third kappa shape index (κ3) is 3.55. The average Bonchev–Trinajstić information content (AvgIpc) is 2.78. The van der Waals surface area contributed by atoms with Gasteiger partial charge in [0, 0.05) is 7.05 Å². The minimum absolute atomic E-state index is 0.0261. The fraction of sp³-hybridized carbons (Fsp3) is 0.667. The summed E-state index contributed by atoms with van der Waals surface area (Å²) in [5.41, 5.74) is -0.365. The SMILES string of the molecule is Cn1c(SCC(=O)N[C@@H]2CS(=O)(=O)C[C@H]2Cl)n[nH]c1=O. The van der Waals surface area contributed by atoms with E-state index in [2.05, 4.69) is 15.5 Å². The number of rotatable bonds is 4. The van der Waals surface area contributed by atoms with Gasteiger partial charge in [0.15, 0.2) is 15.0 Å². The molecule has 1 aromatic heterocycles. The number of carbonyl (C=O) groups is 1. The van der Waals surface area contributed by atoms with Gasteiger partial charge >= 0.3 is 5.69 Å². The van der Waals surface area contributed by atoms with Crippen molar-refractivity contribution in [3.8, 4) is 0 Å². The van der Waals surface area contributed by atoms with Crippen molar-refractivity contribution in [1.82, 2.24) is 20.1 Å². The van der Waals surface area contributed by atoms with Crippen LogP contribution in [-0.4, -0.2) is 57.8 Å². The molecule has 1 fully saturated rings. The number of nitrogens with zero attached hydrogens (tertiary/aromatic N) is 2. The molecular weight excluding hydrogens is 328 g/mol. The molecule has 0 aliphatic carbocycles. The summed E-state index contributed by atoms with van der Waals surface area (Å²) in [5, 5.41) is 8.36. The number of carbonyl (C=O) groups excluding carboxylic acids is 1. The number of amides is 1. The molecule has 0 spiro atoms. The monoisotopic (exact) mass is 340 g/mol. The van der Waals surface area contributed by atoms with Crippen molar-refractivity contribution in [2.24, 2.45) is 7.05 Å². The summed E-state index contributed by atoms with van der Waals surface area (Å²) in [4.78, 5) is 22.9. The molecule has 1 aliphatic heterocycles. The molecule has 0 radical (unpaired) electrons. The Morgan fingerprint density at radius 2 is 2.30 bits per heavy atom. The first-order valence-corrected chi connectivity index (χ1v) is 8.91. The summed E-state index contributed by atoms with van der Waals surface area (Å²) in [6.07, 6.45) is 0. The molecule has 2 rings (SSSR count). The molecule has 0 aromatic carbocycles. The van der Waals surface area contributed by atoms with Crippen molar-refractivity contribution >= 4 is 39.1 Å². The lowest BCUT2D eigenvalue weighted by Crippen LogP contribution is -2.41. The first kappa shape index (κ1) is 15.4. The molecule has 112 valence electrons. The van der Waals surface area contributed by atoms with E-state index in [0.29, 0.717) is 5.16 Å². The van der Waals surface area contributed by atoms with Crippen LogP contribution in [0.5, 0.6) is 0 Å². The molecule has 0 bridgehead atoms. The standard InChI is InChI=1S/C9H13ClN4O4S2/c1-14-8(16)12-13-9(14)19-2-7(15)11-6-4-20(17,18)3-5(6)10/h5-6H,2-4H2,1H3,(H,11,15)(H,12,16)/t5-,6-/m1/s1. The van der Waals surface area contributed by atoms with Crippen LogP contribution < -0.4 is 11.0 Å². The van der Waals surface area contributed by atoms with E-state index in [4.69, 9.17) is 11.6 Å². The first-order chi connectivity index (χ1) is 9.28. The normalized spacial score (nSPS) is 24.7. The zero-order valence-electron chi connectivity index (χ0n) is 10.5. The summed E-state index contributed by atoms with van der Waals surface area (Å²) >= 11 is 6.97. The first-order valence-electron chi connectivity index (χ1n) is 5.66. The van der Waals surface area contributed by atoms with Crippen molar-refractivity contribution in [2.45, 2.75) is 16.6 Å². The van der Waals surface area contributed by atoms with Gasteiger partial charge < -0.3 is 5.32 Å². The quantitative estimate of drug-likeness (QED) is 0.521. The second kappa shape index (κ2) is 5.78.